The van der Waals surface area contributed by atoms with E-state index in [4.69, 9.17) is 5.14 Å². The Morgan fingerprint density at radius 3 is 2.53 bits per heavy atom. The first kappa shape index (κ1) is 13.7. The monoisotopic (exact) mass is 280 g/mol. The highest BCUT2D eigenvalue weighted by molar-refractivity contribution is 7.89. The second-order valence-electron chi connectivity index (χ2n) is 4.30. The molecule has 0 saturated heterocycles. The summed E-state index contributed by atoms with van der Waals surface area (Å²) in [6, 6.07) is 8.54. The van der Waals surface area contributed by atoms with Crippen LogP contribution in [0.2, 0.25) is 0 Å². The Balaban J connectivity index is 1.97. The normalized spacial score (nSPS) is 13.4. The third-order valence-corrected chi connectivity index (χ3v) is 3.78. The Morgan fingerprint density at radius 2 is 2.00 bits per heavy atom. The maximum Gasteiger partial charge on any atom is 0.238 e. The molecular formula is C12H16N4O2S. The van der Waals surface area contributed by atoms with E-state index >= 15 is 0 Å². The van der Waals surface area contributed by atoms with Crippen LogP contribution >= 0.6 is 0 Å². The lowest BCUT2D eigenvalue weighted by Gasteiger charge is -2.12. The van der Waals surface area contributed by atoms with Crippen LogP contribution in [0.15, 0.2) is 41.4 Å². The first-order valence-electron chi connectivity index (χ1n) is 5.81. The van der Waals surface area contributed by atoms with Crippen molar-refractivity contribution in [1.29, 1.82) is 0 Å². The van der Waals surface area contributed by atoms with E-state index in [1.54, 1.807) is 18.3 Å². The molecule has 4 N–H and O–H groups in total. The zero-order valence-electron chi connectivity index (χ0n) is 10.5. The fraction of sp³-hybridized carbons (Fsp3) is 0.250. The second kappa shape index (κ2) is 5.52. The molecule has 0 aliphatic heterocycles. The summed E-state index contributed by atoms with van der Waals surface area (Å²) < 4.78 is 22.2. The van der Waals surface area contributed by atoms with E-state index in [1.165, 1.54) is 12.1 Å². The number of nitrogens with two attached hydrogens (primary N) is 1. The van der Waals surface area contributed by atoms with Crippen LogP contribution in [0.3, 0.4) is 0 Å². The van der Waals surface area contributed by atoms with E-state index < -0.39 is 10.0 Å². The van der Waals surface area contributed by atoms with Crippen molar-refractivity contribution in [2.24, 2.45) is 5.14 Å². The number of rotatable bonds is 5. The van der Waals surface area contributed by atoms with Crippen molar-refractivity contribution in [1.82, 2.24) is 15.5 Å². The summed E-state index contributed by atoms with van der Waals surface area (Å²) in [5, 5.41) is 15.1. The molecule has 0 spiro atoms. The van der Waals surface area contributed by atoms with Gasteiger partial charge in [-0.05, 0) is 30.7 Å². The highest BCUT2D eigenvalue weighted by Gasteiger charge is 2.08. The van der Waals surface area contributed by atoms with Gasteiger partial charge in [-0.25, -0.2) is 13.6 Å². The number of primary sulfonamides is 1. The van der Waals surface area contributed by atoms with Gasteiger partial charge in [-0.15, -0.1) is 0 Å². The number of nitrogens with zero attached hydrogens (tertiary/aromatic N) is 1. The van der Waals surface area contributed by atoms with Gasteiger partial charge in [-0.3, -0.25) is 5.10 Å². The fourth-order valence-electron chi connectivity index (χ4n) is 1.69. The molecule has 0 fully saturated rings. The molecule has 7 heteroatoms. The van der Waals surface area contributed by atoms with Gasteiger partial charge >= 0.3 is 0 Å². The predicted molar refractivity (Wildman–Crippen MR) is 71.7 cm³/mol. The standard InChI is InChI=1S/C12H16N4O2S/c1-9(12-6-7-15-16-12)14-8-10-2-4-11(5-3-10)19(13,17)18/h2-7,9,14H,8H2,1H3,(H,15,16)(H2,13,17,18). The molecule has 2 rings (SSSR count). The Bertz CT molecular complexity index is 620. The summed E-state index contributed by atoms with van der Waals surface area (Å²) in [4.78, 5) is 0.123. The zero-order valence-corrected chi connectivity index (χ0v) is 11.3. The summed E-state index contributed by atoms with van der Waals surface area (Å²) in [6.45, 7) is 2.65. The molecule has 1 heterocycles. The lowest BCUT2D eigenvalue weighted by molar-refractivity contribution is 0.560. The SMILES string of the molecule is CC(NCc1ccc(S(N)(=O)=O)cc1)c1ccn[nH]1. The van der Waals surface area contributed by atoms with E-state index in [9.17, 15) is 8.42 Å². The van der Waals surface area contributed by atoms with Crippen LogP contribution in [-0.2, 0) is 16.6 Å². The van der Waals surface area contributed by atoms with Gasteiger partial charge in [0.05, 0.1) is 10.6 Å². The second-order valence-corrected chi connectivity index (χ2v) is 5.86. The van der Waals surface area contributed by atoms with Gasteiger partial charge in [0.2, 0.25) is 10.0 Å². The molecule has 0 amide bonds. The molecule has 0 aliphatic carbocycles. The minimum atomic E-state index is -3.62. The third-order valence-electron chi connectivity index (χ3n) is 2.85. The van der Waals surface area contributed by atoms with Gasteiger partial charge in [0.15, 0.2) is 0 Å². The van der Waals surface area contributed by atoms with Gasteiger partial charge in [-0.2, -0.15) is 5.10 Å². The van der Waals surface area contributed by atoms with E-state index in [0.29, 0.717) is 6.54 Å². The molecule has 102 valence electrons. The average Bonchev–Trinajstić information content (AvgIpc) is 2.89. The smallest absolute Gasteiger partial charge is 0.238 e. The molecule has 0 aliphatic rings. The van der Waals surface area contributed by atoms with Crippen LogP contribution in [0.4, 0.5) is 0 Å². The lowest BCUT2D eigenvalue weighted by atomic mass is 10.2. The molecule has 0 radical (unpaired) electrons. The van der Waals surface area contributed by atoms with E-state index in [0.717, 1.165) is 11.3 Å². The van der Waals surface area contributed by atoms with Crippen molar-refractivity contribution in [2.75, 3.05) is 0 Å². The van der Waals surface area contributed by atoms with Gasteiger partial charge in [0, 0.05) is 18.8 Å². The molecule has 6 nitrogen and oxygen atoms in total. The van der Waals surface area contributed by atoms with Crippen molar-refractivity contribution in [3.63, 3.8) is 0 Å². The first-order chi connectivity index (χ1) is 8.97. The quantitative estimate of drug-likeness (QED) is 0.757. The first-order valence-corrected chi connectivity index (χ1v) is 7.36. The van der Waals surface area contributed by atoms with Crippen molar-refractivity contribution in [2.45, 2.75) is 24.4 Å². The molecular weight excluding hydrogens is 264 g/mol. The predicted octanol–water partition coefficient (Wildman–Crippen LogP) is 0.908. The number of sulfonamides is 1. The van der Waals surface area contributed by atoms with Crippen molar-refractivity contribution >= 4 is 10.0 Å². The van der Waals surface area contributed by atoms with Gasteiger partial charge in [0.25, 0.3) is 0 Å². The molecule has 0 saturated carbocycles. The Kier molecular flexibility index (Phi) is 3.98. The molecule has 1 atom stereocenters. The van der Waals surface area contributed by atoms with Crippen molar-refractivity contribution in [3.05, 3.63) is 47.8 Å². The zero-order chi connectivity index (χ0) is 13.9. The molecule has 2 aromatic rings. The Morgan fingerprint density at radius 1 is 1.32 bits per heavy atom. The summed E-state index contributed by atoms with van der Waals surface area (Å²) in [6.07, 6.45) is 1.70. The van der Waals surface area contributed by atoms with Gasteiger partial charge < -0.3 is 5.32 Å². The Hall–Kier alpha value is -1.70. The Labute approximate surface area is 112 Å². The molecule has 1 unspecified atom stereocenters. The number of nitrogens with one attached hydrogen (secondary N) is 2. The van der Waals surface area contributed by atoms with E-state index in [-0.39, 0.29) is 10.9 Å². The fourth-order valence-corrected chi connectivity index (χ4v) is 2.20. The van der Waals surface area contributed by atoms with Crippen LogP contribution in [-0.4, -0.2) is 18.6 Å². The topological polar surface area (TPSA) is 101 Å². The number of aromatic amines is 1. The van der Waals surface area contributed by atoms with Crippen molar-refractivity contribution in [3.8, 4) is 0 Å². The minimum Gasteiger partial charge on any atom is -0.305 e. The summed E-state index contributed by atoms with van der Waals surface area (Å²) in [5.41, 5.74) is 1.99. The third kappa shape index (κ3) is 3.63. The maximum atomic E-state index is 11.1. The number of H-pyrrole nitrogens is 1. The van der Waals surface area contributed by atoms with E-state index in [1.807, 2.05) is 13.0 Å². The molecule has 1 aromatic heterocycles. The molecule has 0 bridgehead atoms. The average molecular weight is 280 g/mol. The van der Waals surface area contributed by atoms with Crippen LogP contribution in [0.1, 0.15) is 24.2 Å². The maximum absolute atomic E-state index is 11.1. The van der Waals surface area contributed by atoms with Gasteiger partial charge in [0.1, 0.15) is 0 Å². The minimum absolute atomic E-state index is 0.123. The molecule has 1 aromatic carbocycles. The lowest BCUT2D eigenvalue weighted by Crippen LogP contribution is -2.18. The van der Waals surface area contributed by atoms with Crippen molar-refractivity contribution < 1.29 is 8.42 Å². The summed E-state index contributed by atoms with van der Waals surface area (Å²) in [5.74, 6) is 0. The van der Waals surface area contributed by atoms with Crippen LogP contribution in [0.25, 0.3) is 0 Å². The van der Waals surface area contributed by atoms with Crippen LogP contribution < -0.4 is 10.5 Å². The highest BCUT2D eigenvalue weighted by atomic mass is 32.2. The highest BCUT2D eigenvalue weighted by Crippen LogP contribution is 2.11. The summed E-state index contributed by atoms with van der Waals surface area (Å²) in [7, 11) is -3.62. The van der Waals surface area contributed by atoms with Crippen LogP contribution in [0.5, 0.6) is 0 Å². The number of hydrogen-bond donors (Lipinski definition) is 3. The van der Waals surface area contributed by atoms with E-state index in [2.05, 4.69) is 15.5 Å². The number of hydrogen-bond acceptors (Lipinski definition) is 4. The molecule has 19 heavy (non-hydrogen) atoms. The van der Waals surface area contributed by atoms with Gasteiger partial charge in [-0.1, -0.05) is 12.1 Å². The largest absolute Gasteiger partial charge is 0.305 e. The number of benzene rings is 1. The number of aromatic nitrogens is 2. The van der Waals surface area contributed by atoms with Crippen LogP contribution in [0, 0.1) is 0 Å². The summed E-state index contributed by atoms with van der Waals surface area (Å²) >= 11 is 0.